The minimum Gasteiger partial charge on any atom is -0.327 e. The van der Waals surface area contributed by atoms with Gasteiger partial charge in [0.2, 0.25) is 0 Å². The Hall–Kier alpha value is -0.120. The molecule has 0 spiro atoms. The van der Waals surface area contributed by atoms with Crippen LogP contribution in [-0.4, -0.2) is 55.6 Å². The van der Waals surface area contributed by atoms with E-state index in [2.05, 4.69) is 23.9 Å². The highest BCUT2D eigenvalue weighted by atomic mass is 15.2. The number of nitrogens with two attached hydrogens (primary N) is 1. The molecule has 0 aromatic heterocycles. The third-order valence-corrected chi connectivity index (χ3v) is 4.76. The van der Waals surface area contributed by atoms with Gasteiger partial charge in [-0.05, 0) is 52.2 Å². The van der Waals surface area contributed by atoms with Crippen molar-refractivity contribution in [2.45, 2.75) is 57.0 Å². The van der Waals surface area contributed by atoms with Gasteiger partial charge in [0.05, 0.1) is 0 Å². The van der Waals surface area contributed by atoms with Gasteiger partial charge in [-0.15, -0.1) is 0 Å². The fourth-order valence-corrected chi connectivity index (χ4v) is 3.70. The topological polar surface area (TPSA) is 32.5 Å². The van der Waals surface area contributed by atoms with Crippen molar-refractivity contribution >= 4 is 0 Å². The van der Waals surface area contributed by atoms with Gasteiger partial charge in [-0.25, -0.2) is 0 Å². The molecule has 0 aromatic rings. The monoisotopic (exact) mass is 253 g/mol. The van der Waals surface area contributed by atoms with Crippen LogP contribution in [0.25, 0.3) is 0 Å². The highest BCUT2D eigenvalue weighted by Gasteiger charge is 2.29. The summed E-state index contributed by atoms with van der Waals surface area (Å²) in [5.74, 6) is 0.746. The second-order valence-electron chi connectivity index (χ2n) is 6.62. The maximum absolute atomic E-state index is 6.37. The molecule has 106 valence electrons. The zero-order chi connectivity index (χ0) is 13.0. The summed E-state index contributed by atoms with van der Waals surface area (Å²) in [6.07, 6.45) is 9.48. The van der Waals surface area contributed by atoms with Gasteiger partial charge in [0, 0.05) is 25.2 Å². The molecule has 0 amide bonds. The summed E-state index contributed by atoms with van der Waals surface area (Å²) < 4.78 is 0. The van der Waals surface area contributed by atoms with Gasteiger partial charge in [0.25, 0.3) is 0 Å². The van der Waals surface area contributed by atoms with Crippen molar-refractivity contribution < 1.29 is 0 Å². The molecule has 0 bridgehead atoms. The first kappa shape index (κ1) is 14.3. The van der Waals surface area contributed by atoms with Crippen LogP contribution in [0.1, 0.15) is 44.9 Å². The number of nitrogens with zero attached hydrogens (tertiary/aromatic N) is 2. The standard InChI is InChI=1S/C15H31N3/c1-17(2)12-14-8-6-10-18(14)11-13-7-4-3-5-9-15(13)16/h13-15H,3-12,16H2,1-2H3. The predicted octanol–water partition coefficient (Wildman–Crippen LogP) is 1.92. The SMILES string of the molecule is CN(C)CC1CCCN1CC1CCCCCC1N. The van der Waals surface area contributed by atoms with Crippen molar-refractivity contribution in [3.8, 4) is 0 Å². The maximum atomic E-state index is 6.37. The minimum atomic E-state index is 0.452. The number of likely N-dealkylation sites (N-methyl/N-ethyl adjacent to an activating group) is 1. The molecular weight excluding hydrogens is 222 g/mol. The normalized spacial score (nSPS) is 35.0. The molecule has 1 aliphatic heterocycles. The molecule has 0 radical (unpaired) electrons. The van der Waals surface area contributed by atoms with Crippen LogP contribution in [0.2, 0.25) is 0 Å². The second-order valence-corrected chi connectivity index (χ2v) is 6.62. The summed E-state index contributed by atoms with van der Waals surface area (Å²) in [4.78, 5) is 5.05. The highest BCUT2D eigenvalue weighted by Crippen LogP contribution is 2.26. The number of likely N-dealkylation sites (tertiary alicyclic amines) is 1. The first-order chi connectivity index (χ1) is 8.66. The Labute approximate surface area is 113 Å². The zero-order valence-electron chi connectivity index (χ0n) is 12.3. The first-order valence-electron chi connectivity index (χ1n) is 7.81. The average Bonchev–Trinajstić information content (AvgIpc) is 2.62. The molecule has 0 aromatic carbocycles. The van der Waals surface area contributed by atoms with Gasteiger partial charge in [-0.3, -0.25) is 4.90 Å². The Bertz CT molecular complexity index is 242. The van der Waals surface area contributed by atoms with E-state index in [0.717, 1.165) is 12.0 Å². The van der Waals surface area contributed by atoms with Gasteiger partial charge in [-0.2, -0.15) is 0 Å². The summed E-state index contributed by atoms with van der Waals surface area (Å²) in [7, 11) is 4.38. The van der Waals surface area contributed by atoms with E-state index < -0.39 is 0 Å². The lowest BCUT2D eigenvalue weighted by Crippen LogP contribution is -2.44. The highest BCUT2D eigenvalue weighted by molar-refractivity contribution is 4.86. The summed E-state index contributed by atoms with van der Waals surface area (Å²) in [5.41, 5.74) is 6.37. The molecule has 2 rings (SSSR count). The third kappa shape index (κ3) is 3.94. The first-order valence-corrected chi connectivity index (χ1v) is 7.81. The van der Waals surface area contributed by atoms with E-state index in [1.54, 1.807) is 0 Å². The molecule has 2 N–H and O–H groups in total. The molecule has 2 fully saturated rings. The Balaban J connectivity index is 1.86. The average molecular weight is 253 g/mol. The van der Waals surface area contributed by atoms with E-state index in [9.17, 15) is 0 Å². The van der Waals surface area contributed by atoms with E-state index in [1.807, 2.05) is 0 Å². The van der Waals surface area contributed by atoms with Crippen molar-refractivity contribution in [3.05, 3.63) is 0 Å². The summed E-state index contributed by atoms with van der Waals surface area (Å²) in [6, 6.07) is 1.23. The molecule has 18 heavy (non-hydrogen) atoms. The Morgan fingerprint density at radius 1 is 1.06 bits per heavy atom. The Morgan fingerprint density at radius 2 is 1.83 bits per heavy atom. The Kier molecular flexibility index (Phi) is 5.46. The van der Waals surface area contributed by atoms with E-state index >= 15 is 0 Å². The molecule has 3 unspecified atom stereocenters. The maximum Gasteiger partial charge on any atom is 0.0223 e. The van der Waals surface area contributed by atoms with Crippen LogP contribution >= 0.6 is 0 Å². The van der Waals surface area contributed by atoms with Crippen molar-refractivity contribution in [2.75, 3.05) is 33.7 Å². The predicted molar refractivity (Wildman–Crippen MR) is 77.7 cm³/mol. The molecular formula is C15H31N3. The van der Waals surface area contributed by atoms with Crippen molar-refractivity contribution in [2.24, 2.45) is 11.7 Å². The smallest absolute Gasteiger partial charge is 0.0223 e. The third-order valence-electron chi connectivity index (χ3n) is 4.76. The van der Waals surface area contributed by atoms with Gasteiger partial charge in [0.15, 0.2) is 0 Å². The van der Waals surface area contributed by atoms with E-state index in [4.69, 9.17) is 5.73 Å². The van der Waals surface area contributed by atoms with Crippen LogP contribution in [0.5, 0.6) is 0 Å². The van der Waals surface area contributed by atoms with Crippen LogP contribution in [0.4, 0.5) is 0 Å². The lowest BCUT2D eigenvalue weighted by atomic mass is 9.94. The van der Waals surface area contributed by atoms with Gasteiger partial charge >= 0.3 is 0 Å². The van der Waals surface area contributed by atoms with Crippen LogP contribution in [0.3, 0.4) is 0 Å². The van der Waals surface area contributed by atoms with Gasteiger partial charge < -0.3 is 10.6 Å². The quantitative estimate of drug-likeness (QED) is 0.777. The molecule has 1 heterocycles. The fraction of sp³-hybridized carbons (Fsp3) is 1.00. The summed E-state index contributed by atoms with van der Waals surface area (Å²) >= 11 is 0. The van der Waals surface area contributed by atoms with Crippen molar-refractivity contribution in [1.29, 1.82) is 0 Å². The van der Waals surface area contributed by atoms with E-state index in [-0.39, 0.29) is 0 Å². The zero-order valence-corrected chi connectivity index (χ0v) is 12.3. The van der Waals surface area contributed by atoms with Gasteiger partial charge in [-0.1, -0.05) is 19.3 Å². The van der Waals surface area contributed by atoms with E-state index in [0.29, 0.717) is 6.04 Å². The summed E-state index contributed by atoms with van der Waals surface area (Å²) in [5, 5.41) is 0. The van der Waals surface area contributed by atoms with Crippen LogP contribution in [-0.2, 0) is 0 Å². The number of hydrogen-bond acceptors (Lipinski definition) is 3. The lowest BCUT2D eigenvalue weighted by Gasteiger charge is -2.32. The van der Waals surface area contributed by atoms with Crippen molar-refractivity contribution in [1.82, 2.24) is 9.80 Å². The second kappa shape index (κ2) is 6.88. The molecule has 1 aliphatic carbocycles. The molecule has 1 saturated heterocycles. The van der Waals surface area contributed by atoms with Crippen LogP contribution in [0, 0.1) is 5.92 Å². The van der Waals surface area contributed by atoms with Gasteiger partial charge in [0.1, 0.15) is 0 Å². The molecule has 2 aliphatic rings. The number of rotatable bonds is 4. The molecule has 1 saturated carbocycles. The lowest BCUT2D eigenvalue weighted by molar-refractivity contribution is 0.167. The fourth-order valence-electron chi connectivity index (χ4n) is 3.70. The molecule has 3 atom stereocenters. The molecule has 3 nitrogen and oxygen atoms in total. The van der Waals surface area contributed by atoms with Crippen molar-refractivity contribution in [3.63, 3.8) is 0 Å². The molecule has 3 heteroatoms. The minimum absolute atomic E-state index is 0.452. The van der Waals surface area contributed by atoms with E-state index in [1.165, 1.54) is 64.6 Å². The largest absolute Gasteiger partial charge is 0.327 e. The summed E-state index contributed by atoms with van der Waals surface area (Å²) in [6.45, 7) is 3.75. The Morgan fingerprint density at radius 3 is 2.61 bits per heavy atom. The van der Waals surface area contributed by atoms with Crippen LogP contribution < -0.4 is 5.73 Å². The van der Waals surface area contributed by atoms with Crippen LogP contribution in [0.15, 0.2) is 0 Å². The number of hydrogen-bond donors (Lipinski definition) is 1.